The molecule has 1 aliphatic rings. The molecule has 1 aromatic carbocycles. The second-order valence-electron chi connectivity index (χ2n) is 6.73. The first-order valence-corrected chi connectivity index (χ1v) is 9.45. The van der Waals surface area contributed by atoms with Crippen molar-refractivity contribution in [1.82, 2.24) is 15.4 Å². The molecule has 3 N–H and O–H groups in total. The minimum absolute atomic E-state index is 0.101. The first-order chi connectivity index (χ1) is 13.9. The van der Waals surface area contributed by atoms with Crippen molar-refractivity contribution < 1.29 is 9.47 Å². The number of nitrogens with one attached hydrogen (secondary N) is 1. The average Bonchev–Trinajstić information content (AvgIpc) is 2.72. The molecule has 1 aromatic heterocycles. The van der Waals surface area contributed by atoms with Gasteiger partial charge < -0.3 is 25.0 Å². The zero-order chi connectivity index (χ0) is 21.0. The van der Waals surface area contributed by atoms with E-state index in [4.69, 9.17) is 32.4 Å². The molecule has 2 aromatic rings. The van der Waals surface area contributed by atoms with E-state index < -0.39 is 0 Å². The summed E-state index contributed by atoms with van der Waals surface area (Å²) in [6, 6.07) is 4.07. The highest BCUT2D eigenvalue weighted by Crippen LogP contribution is 2.34. The molecular formula is C19H25N7O2S. The lowest BCUT2D eigenvalue weighted by molar-refractivity contribution is 0.353. The summed E-state index contributed by atoms with van der Waals surface area (Å²) in [5.74, 6) is 2.88. The molecule has 154 valence electrons. The summed E-state index contributed by atoms with van der Waals surface area (Å²) < 4.78 is 10.9. The lowest BCUT2D eigenvalue weighted by Crippen LogP contribution is -2.32. The number of thiocarbonyl (C=S) groups is 1. The zero-order valence-corrected chi connectivity index (χ0v) is 17.8. The van der Waals surface area contributed by atoms with Gasteiger partial charge in [0.2, 0.25) is 5.95 Å². The molecule has 0 atom stereocenters. The van der Waals surface area contributed by atoms with Gasteiger partial charge in [0.15, 0.2) is 16.6 Å². The number of rotatable bonds is 6. The molecular weight excluding hydrogens is 390 g/mol. The minimum atomic E-state index is 0.101. The molecule has 0 bridgehead atoms. The number of hydrazone groups is 1. The first-order valence-electron chi connectivity index (χ1n) is 9.04. The van der Waals surface area contributed by atoms with Crippen LogP contribution in [-0.4, -0.2) is 56.2 Å². The van der Waals surface area contributed by atoms with Crippen LogP contribution in [0.15, 0.2) is 23.4 Å². The number of aromatic nitrogens is 2. The number of hydrogen-bond donors (Lipinski definition) is 2. The summed E-state index contributed by atoms with van der Waals surface area (Å²) in [5.41, 5.74) is 11.1. The Morgan fingerprint density at radius 1 is 1.28 bits per heavy atom. The van der Waals surface area contributed by atoms with Crippen molar-refractivity contribution in [3.8, 4) is 11.5 Å². The monoisotopic (exact) mass is 415 g/mol. The molecule has 0 saturated heterocycles. The van der Waals surface area contributed by atoms with Crippen LogP contribution >= 0.6 is 12.2 Å². The van der Waals surface area contributed by atoms with Crippen LogP contribution in [0.2, 0.25) is 0 Å². The molecule has 0 amide bonds. The summed E-state index contributed by atoms with van der Waals surface area (Å²) in [7, 11) is 7.14. The molecule has 0 spiro atoms. The maximum absolute atomic E-state index is 5.44. The highest BCUT2D eigenvalue weighted by Gasteiger charge is 2.22. The van der Waals surface area contributed by atoms with Crippen LogP contribution in [0.5, 0.6) is 11.5 Å². The van der Waals surface area contributed by atoms with E-state index in [2.05, 4.69) is 20.4 Å². The van der Waals surface area contributed by atoms with E-state index in [0.29, 0.717) is 12.5 Å². The van der Waals surface area contributed by atoms with Gasteiger partial charge in [-0.3, -0.25) is 5.43 Å². The van der Waals surface area contributed by atoms with E-state index in [1.54, 1.807) is 26.6 Å². The predicted molar refractivity (Wildman–Crippen MR) is 118 cm³/mol. The van der Waals surface area contributed by atoms with Gasteiger partial charge in [-0.1, -0.05) is 0 Å². The number of nitrogens with two attached hydrogens (primary N) is 1. The van der Waals surface area contributed by atoms with Gasteiger partial charge in [-0.15, -0.1) is 0 Å². The van der Waals surface area contributed by atoms with Gasteiger partial charge in [0, 0.05) is 33.4 Å². The largest absolute Gasteiger partial charge is 0.493 e. The number of anilines is 2. The molecule has 3 rings (SSSR count). The van der Waals surface area contributed by atoms with Crippen molar-refractivity contribution in [3.05, 3.63) is 35.0 Å². The minimum Gasteiger partial charge on any atom is -0.493 e. The molecule has 0 radical (unpaired) electrons. The molecule has 2 heterocycles. The Hall–Kier alpha value is -3.14. The summed E-state index contributed by atoms with van der Waals surface area (Å²) in [4.78, 5) is 13.4. The Labute approximate surface area is 175 Å². The molecule has 0 unspecified atom stereocenters. The molecule has 29 heavy (non-hydrogen) atoms. The van der Waals surface area contributed by atoms with Gasteiger partial charge >= 0.3 is 0 Å². The van der Waals surface area contributed by atoms with E-state index in [9.17, 15) is 0 Å². The van der Waals surface area contributed by atoms with Crippen LogP contribution in [0.25, 0.3) is 0 Å². The smallest absolute Gasteiger partial charge is 0.227 e. The van der Waals surface area contributed by atoms with Crippen LogP contribution < -0.4 is 30.4 Å². The third-order valence-corrected chi connectivity index (χ3v) is 4.68. The Morgan fingerprint density at radius 2 is 1.97 bits per heavy atom. The first kappa shape index (κ1) is 20.6. The van der Waals surface area contributed by atoms with Crippen molar-refractivity contribution in [2.75, 3.05) is 44.7 Å². The summed E-state index contributed by atoms with van der Waals surface area (Å²) in [6.45, 7) is 1.50. The van der Waals surface area contributed by atoms with Gasteiger partial charge in [-0.05, 0) is 41.9 Å². The number of methoxy groups -OCH3 is 2. The second-order valence-corrected chi connectivity index (χ2v) is 7.16. The second kappa shape index (κ2) is 8.91. The fourth-order valence-corrected chi connectivity index (χ4v) is 3.25. The van der Waals surface area contributed by atoms with E-state index in [-0.39, 0.29) is 5.11 Å². The van der Waals surface area contributed by atoms with Crippen LogP contribution in [0.4, 0.5) is 11.8 Å². The Kier molecular flexibility index (Phi) is 6.32. The summed E-state index contributed by atoms with van der Waals surface area (Å²) in [6.07, 6.45) is 4.21. The van der Waals surface area contributed by atoms with Crippen molar-refractivity contribution in [1.29, 1.82) is 0 Å². The van der Waals surface area contributed by atoms with E-state index >= 15 is 0 Å². The number of ether oxygens (including phenoxy) is 2. The normalized spacial score (nSPS) is 13.2. The van der Waals surface area contributed by atoms with E-state index in [1.165, 1.54) is 11.1 Å². The molecule has 0 aliphatic carbocycles. The lowest BCUT2D eigenvalue weighted by Gasteiger charge is -2.30. The number of nitrogens with zero attached hydrogens (tertiary/aromatic N) is 5. The molecule has 0 fully saturated rings. The van der Waals surface area contributed by atoms with Gasteiger partial charge in [0.1, 0.15) is 5.82 Å². The third-order valence-electron chi connectivity index (χ3n) is 4.59. The van der Waals surface area contributed by atoms with Crippen LogP contribution in [0, 0.1) is 0 Å². The Balaban J connectivity index is 1.87. The highest BCUT2D eigenvalue weighted by molar-refractivity contribution is 7.80. The molecule has 9 nitrogen and oxygen atoms in total. The van der Waals surface area contributed by atoms with Gasteiger partial charge in [0.25, 0.3) is 0 Å². The molecule has 0 saturated carbocycles. The molecule has 10 heteroatoms. The topological polar surface area (TPSA) is 101 Å². The number of fused-ring (bicyclic) bond motifs is 1. The third kappa shape index (κ3) is 4.65. The highest BCUT2D eigenvalue weighted by atomic mass is 32.1. The summed E-state index contributed by atoms with van der Waals surface area (Å²) in [5, 5.41) is 4.11. The standard InChI is InChI=1S/C19H25N7O2S/c1-25(2)17-14(10-22-24-18(20)29)9-21-19(23-17)26-6-5-12-7-15(27-3)16(28-4)8-13(12)11-26/h7-10H,5-6,11H2,1-4H3,(H3,20,24,29)/b22-10+. The summed E-state index contributed by atoms with van der Waals surface area (Å²) >= 11 is 4.76. The zero-order valence-electron chi connectivity index (χ0n) is 17.0. The quantitative estimate of drug-likeness (QED) is 0.410. The number of benzene rings is 1. The Morgan fingerprint density at radius 3 is 2.59 bits per heavy atom. The van der Waals surface area contributed by atoms with Crippen LogP contribution in [0.1, 0.15) is 16.7 Å². The maximum Gasteiger partial charge on any atom is 0.227 e. The SMILES string of the molecule is COc1cc2c(cc1OC)CN(c1ncc(/C=N/NC(N)=S)c(N(C)C)n1)CC2. The van der Waals surface area contributed by atoms with E-state index in [1.807, 2.05) is 31.1 Å². The van der Waals surface area contributed by atoms with Gasteiger partial charge in [-0.2, -0.15) is 10.1 Å². The van der Waals surface area contributed by atoms with Crippen molar-refractivity contribution in [3.63, 3.8) is 0 Å². The fourth-order valence-electron chi connectivity index (χ4n) is 3.19. The fraction of sp³-hybridized carbons (Fsp3) is 0.368. The maximum atomic E-state index is 5.44. The van der Waals surface area contributed by atoms with Crippen molar-refractivity contribution in [2.45, 2.75) is 13.0 Å². The molecule has 1 aliphatic heterocycles. The predicted octanol–water partition coefficient (Wildman–Crippen LogP) is 1.29. The lowest BCUT2D eigenvalue weighted by atomic mass is 9.99. The van der Waals surface area contributed by atoms with Crippen LogP contribution in [-0.2, 0) is 13.0 Å². The Bertz CT molecular complexity index is 933. The number of hydrogen-bond acceptors (Lipinski definition) is 8. The van der Waals surface area contributed by atoms with Crippen molar-refractivity contribution >= 4 is 35.3 Å². The van der Waals surface area contributed by atoms with Crippen molar-refractivity contribution in [2.24, 2.45) is 10.8 Å². The van der Waals surface area contributed by atoms with E-state index in [0.717, 1.165) is 35.8 Å². The van der Waals surface area contributed by atoms with Gasteiger partial charge in [0.05, 0.1) is 26.0 Å². The van der Waals surface area contributed by atoms with Gasteiger partial charge in [-0.25, -0.2) is 4.98 Å². The van der Waals surface area contributed by atoms with Crippen LogP contribution in [0.3, 0.4) is 0 Å². The average molecular weight is 416 g/mol.